The van der Waals surface area contributed by atoms with Gasteiger partial charge in [-0.2, -0.15) is 0 Å². The molecule has 2 aromatic rings. The molecule has 108 valence electrons. The van der Waals surface area contributed by atoms with E-state index in [1.165, 1.54) is 0 Å². The van der Waals surface area contributed by atoms with Gasteiger partial charge in [-0.05, 0) is 45.6 Å². The van der Waals surface area contributed by atoms with Crippen LogP contribution in [0.1, 0.15) is 60.9 Å². The smallest absolute Gasteiger partial charge is 0.0625 e. The SMILES string of the molecule is [2H]c1c([2H])c([2H])c2c(C(C)(C)C(C)C)c(CC(C)C)c([2H])c([2H])c2c1[2H]. The molecule has 0 bridgehead atoms. The van der Waals surface area contributed by atoms with Crippen molar-refractivity contribution in [1.29, 1.82) is 0 Å². The summed E-state index contributed by atoms with van der Waals surface area (Å²) < 4.78 is 49.9. The molecule has 0 unspecified atom stereocenters. The van der Waals surface area contributed by atoms with E-state index < -0.39 is 5.41 Å². The number of hydrogen-bond donors (Lipinski definition) is 0. The number of fused-ring (bicyclic) bond motifs is 1. The molecule has 0 aliphatic carbocycles. The van der Waals surface area contributed by atoms with Crippen LogP contribution < -0.4 is 0 Å². The van der Waals surface area contributed by atoms with Gasteiger partial charge in [-0.3, -0.25) is 0 Å². The van der Waals surface area contributed by atoms with Crippen LogP contribution in [0.15, 0.2) is 36.3 Å². The molecule has 0 N–H and O–H groups in total. The highest BCUT2D eigenvalue weighted by Crippen LogP contribution is 2.39. The second-order valence-electron chi connectivity index (χ2n) is 6.83. The average Bonchev–Trinajstić information content (AvgIpc) is 2.54. The fourth-order valence-corrected chi connectivity index (χ4v) is 2.51. The number of rotatable bonds is 4. The largest absolute Gasteiger partial charge is 0.0629 e. The topological polar surface area (TPSA) is 0 Å². The molecule has 0 saturated carbocycles. The van der Waals surface area contributed by atoms with Gasteiger partial charge < -0.3 is 0 Å². The second kappa shape index (κ2) is 5.60. The third-order valence-electron chi connectivity index (χ3n) is 4.28. The minimum Gasteiger partial charge on any atom is -0.0625 e. The Hall–Kier alpha value is -1.30. The van der Waals surface area contributed by atoms with Crippen LogP contribution in [0.2, 0.25) is 0 Å². The Bertz CT molecular complexity index is 865. The van der Waals surface area contributed by atoms with Crippen molar-refractivity contribution in [3.63, 3.8) is 0 Å². The minimum atomic E-state index is -0.399. The molecule has 0 fully saturated rings. The van der Waals surface area contributed by atoms with E-state index in [4.69, 9.17) is 8.22 Å². The third-order valence-corrected chi connectivity index (χ3v) is 4.28. The molecule has 2 rings (SSSR count). The number of hydrogen-bond acceptors (Lipinski definition) is 0. The fourth-order valence-electron chi connectivity index (χ4n) is 2.51. The predicted octanol–water partition coefficient (Wildman–Crippen LogP) is 5.97. The van der Waals surface area contributed by atoms with E-state index in [2.05, 4.69) is 41.5 Å². The maximum Gasteiger partial charge on any atom is 0.0629 e. The Balaban J connectivity index is 3.22. The minimum absolute atomic E-state index is 0.0833. The Labute approximate surface area is 132 Å². The van der Waals surface area contributed by atoms with Crippen molar-refractivity contribution in [2.75, 3.05) is 0 Å². The van der Waals surface area contributed by atoms with Crippen LogP contribution in [0.5, 0.6) is 0 Å². The van der Waals surface area contributed by atoms with Gasteiger partial charge in [-0.15, -0.1) is 0 Å². The van der Waals surface area contributed by atoms with E-state index in [-0.39, 0.29) is 53.5 Å². The zero-order chi connectivity index (χ0) is 20.1. The standard InChI is InChI=1S/C20H28/c1-14(2)13-17-12-11-16-9-7-8-10-18(16)19(17)20(5,6)15(3)4/h7-12,14-15H,13H2,1-6H3/i7D,8D,9D,10D,11D,12D. The van der Waals surface area contributed by atoms with E-state index in [1.807, 2.05) is 0 Å². The monoisotopic (exact) mass is 274 g/mol. The molecule has 0 aromatic heterocycles. The van der Waals surface area contributed by atoms with Crippen LogP contribution in [-0.4, -0.2) is 0 Å². The first-order valence-corrected chi connectivity index (χ1v) is 7.36. The maximum atomic E-state index is 8.58. The first kappa shape index (κ1) is 8.87. The highest BCUT2D eigenvalue weighted by molar-refractivity contribution is 5.87. The van der Waals surface area contributed by atoms with Gasteiger partial charge in [0.2, 0.25) is 0 Å². The van der Waals surface area contributed by atoms with Crippen LogP contribution in [-0.2, 0) is 11.8 Å². The van der Waals surface area contributed by atoms with Gasteiger partial charge in [0.1, 0.15) is 0 Å². The van der Waals surface area contributed by atoms with Gasteiger partial charge in [0, 0.05) is 0 Å². The van der Waals surface area contributed by atoms with Crippen LogP contribution in [0, 0.1) is 11.8 Å². The summed E-state index contributed by atoms with van der Waals surface area (Å²) >= 11 is 0. The summed E-state index contributed by atoms with van der Waals surface area (Å²) in [4.78, 5) is 0. The normalized spacial score (nSPS) is 16.8. The summed E-state index contributed by atoms with van der Waals surface area (Å²) in [6, 6.07) is -0.984. The maximum absolute atomic E-state index is 8.58. The molecular formula is C20H28. The van der Waals surface area contributed by atoms with Gasteiger partial charge in [0.05, 0.1) is 8.22 Å². The lowest BCUT2D eigenvalue weighted by Gasteiger charge is -2.34. The van der Waals surface area contributed by atoms with Crippen molar-refractivity contribution in [3.8, 4) is 0 Å². The molecule has 0 spiro atoms. The molecule has 0 heteroatoms. The molecule has 0 aliphatic heterocycles. The van der Waals surface area contributed by atoms with Crippen molar-refractivity contribution in [2.45, 2.75) is 53.4 Å². The van der Waals surface area contributed by atoms with E-state index in [0.717, 1.165) is 11.1 Å². The van der Waals surface area contributed by atoms with E-state index in [1.54, 1.807) is 0 Å². The van der Waals surface area contributed by atoms with Crippen molar-refractivity contribution < 1.29 is 8.22 Å². The molecule has 2 aromatic carbocycles. The third kappa shape index (κ3) is 2.75. The van der Waals surface area contributed by atoms with Crippen LogP contribution in [0.4, 0.5) is 0 Å². The molecular weight excluding hydrogens is 240 g/mol. The van der Waals surface area contributed by atoms with E-state index in [9.17, 15) is 0 Å². The van der Waals surface area contributed by atoms with Crippen molar-refractivity contribution in [2.24, 2.45) is 11.8 Å². The fraction of sp³-hybridized carbons (Fsp3) is 0.500. The van der Waals surface area contributed by atoms with Gasteiger partial charge >= 0.3 is 0 Å². The lowest BCUT2D eigenvalue weighted by Crippen LogP contribution is -2.26. The van der Waals surface area contributed by atoms with E-state index in [0.29, 0.717) is 11.8 Å². The van der Waals surface area contributed by atoms with E-state index >= 15 is 0 Å². The second-order valence-corrected chi connectivity index (χ2v) is 6.83. The quantitative estimate of drug-likeness (QED) is 0.644. The summed E-state index contributed by atoms with van der Waals surface area (Å²) in [5.41, 5.74) is 1.13. The first-order valence-electron chi connectivity index (χ1n) is 10.4. The molecule has 20 heavy (non-hydrogen) atoms. The zero-order valence-electron chi connectivity index (χ0n) is 19.4. The zero-order valence-corrected chi connectivity index (χ0v) is 13.4. The van der Waals surface area contributed by atoms with Gasteiger partial charge in [-0.1, -0.05) is 77.8 Å². The summed E-state index contributed by atoms with van der Waals surface area (Å²) in [5.74, 6) is 0.472. The first-order chi connectivity index (χ1) is 11.8. The van der Waals surface area contributed by atoms with Crippen molar-refractivity contribution in [1.82, 2.24) is 0 Å². The van der Waals surface area contributed by atoms with Crippen LogP contribution >= 0.6 is 0 Å². The summed E-state index contributed by atoms with van der Waals surface area (Å²) in [6.07, 6.45) is 0.606. The van der Waals surface area contributed by atoms with Gasteiger partial charge in [0.25, 0.3) is 0 Å². The Morgan fingerprint density at radius 3 is 2.25 bits per heavy atom. The molecule has 0 radical (unpaired) electrons. The average molecular weight is 274 g/mol. The van der Waals surface area contributed by atoms with Crippen LogP contribution in [0.3, 0.4) is 0 Å². The highest BCUT2D eigenvalue weighted by Gasteiger charge is 2.29. The van der Waals surface area contributed by atoms with Gasteiger partial charge in [-0.25, -0.2) is 0 Å². The molecule has 0 aliphatic rings. The Morgan fingerprint density at radius 1 is 1.00 bits per heavy atom. The molecule has 0 atom stereocenters. The summed E-state index contributed by atoms with van der Waals surface area (Å²) in [5, 5.41) is 0.573. The molecule has 0 heterocycles. The summed E-state index contributed by atoms with van der Waals surface area (Å²) in [7, 11) is 0. The Kier molecular flexibility index (Phi) is 2.48. The number of benzene rings is 2. The van der Waals surface area contributed by atoms with Crippen molar-refractivity contribution >= 4 is 10.8 Å². The lowest BCUT2D eigenvalue weighted by atomic mass is 9.71. The Morgan fingerprint density at radius 2 is 1.65 bits per heavy atom. The van der Waals surface area contributed by atoms with Gasteiger partial charge in [0.15, 0.2) is 0 Å². The van der Waals surface area contributed by atoms with Crippen LogP contribution in [0.25, 0.3) is 10.8 Å². The highest BCUT2D eigenvalue weighted by atomic mass is 14.3. The molecule has 0 nitrogen and oxygen atoms in total. The molecule has 0 saturated heterocycles. The van der Waals surface area contributed by atoms with Crippen molar-refractivity contribution in [3.05, 3.63) is 47.4 Å². The molecule has 0 amide bonds. The predicted molar refractivity (Wildman–Crippen MR) is 90.4 cm³/mol. The lowest BCUT2D eigenvalue weighted by molar-refractivity contribution is 0.371. The summed E-state index contributed by atoms with van der Waals surface area (Å²) in [6.45, 7) is 12.4.